The number of carbonyl (C=O) groups excluding carboxylic acids is 1. The number of amides is 1. The summed E-state index contributed by atoms with van der Waals surface area (Å²) in [4.78, 5) is 17.9. The predicted molar refractivity (Wildman–Crippen MR) is 141 cm³/mol. The summed E-state index contributed by atoms with van der Waals surface area (Å²) >= 11 is 19.1. The largest absolute Gasteiger partial charge is 0.314 e. The maximum Gasteiger partial charge on any atom is 0.228 e. The van der Waals surface area contributed by atoms with E-state index in [2.05, 4.69) is 29.6 Å². The lowest BCUT2D eigenvalue weighted by Crippen LogP contribution is -2.43. The summed E-state index contributed by atoms with van der Waals surface area (Å²) in [6, 6.07) is 16.2. The van der Waals surface area contributed by atoms with Crippen molar-refractivity contribution in [3.05, 3.63) is 68.7 Å². The molecule has 2 saturated carbocycles. The summed E-state index contributed by atoms with van der Waals surface area (Å²) in [5.41, 5.74) is 2.33. The van der Waals surface area contributed by atoms with E-state index in [1.165, 1.54) is 5.56 Å². The molecule has 2 aromatic carbocycles. The number of fused-ring (bicyclic) bond motifs is 1. The van der Waals surface area contributed by atoms with Crippen LogP contribution < -0.4 is 5.32 Å². The van der Waals surface area contributed by atoms with E-state index in [9.17, 15) is 4.79 Å². The third-order valence-electron chi connectivity index (χ3n) is 8.17. The highest BCUT2D eigenvalue weighted by Crippen LogP contribution is 2.53. The highest BCUT2D eigenvalue weighted by molar-refractivity contribution is 6.35. The van der Waals surface area contributed by atoms with Crippen molar-refractivity contribution in [2.24, 2.45) is 28.7 Å². The average Bonchev–Trinajstić information content (AvgIpc) is 3.27. The standard InChI is InChI=1S/C28H28Cl3N3O/c29-19-7-5-17(6-8-19)26-22(21-10-9-20(30)13-25(21)31)11-12-23-24(26)15-33-27(23)34-28(35)18-3-1-16(14-32)2-4-18/h5-10,13,16,18,22-24,26H,1-4,11-12,15H2,(H,33,34,35)/t16?,18?,22?,23-,24?,26?/m0/s1. The van der Waals surface area contributed by atoms with Gasteiger partial charge in [0.1, 0.15) is 5.84 Å². The average molecular weight is 529 g/mol. The summed E-state index contributed by atoms with van der Waals surface area (Å²) in [6.07, 6.45) is 5.03. The zero-order valence-corrected chi connectivity index (χ0v) is 21.7. The Morgan fingerprint density at radius 3 is 2.29 bits per heavy atom. The van der Waals surface area contributed by atoms with Crippen molar-refractivity contribution >= 4 is 46.5 Å². The lowest BCUT2D eigenvalue weighted by molar-refractivity contribution is -0.124. The number of halogens is 3. The molecule has 2 fully saturated rings. The van der Waals surface area contributed by atoms with Crippen LogP contribution in [0.2, 0.25) is 15.1 Å². The molecule has 7 heteroatoms. The number of hydrogen-bond donors (Lipinski definition) is 1. The van der Waals surface area contributed by atoms with E-state index in [1.54, 1.807) is 0 Å². The van der Waals surface area contributed by atoms with Crippen LogP contribution in [0, 0.1) is 35.0 Å². The Balaban J connectivity index is 1.37. The van der Waals surface area contributed by atoms with Crippen LogP contribution >= 0.6 is 34.8 Å². The molecule has 182 valence electrons. The molecule has 0 spiro atoms. The molecule has 0 bridgehead atoms. The molecule has 1 amide bonds. The number of nitrogens with zero attached hydrogens (tertiary/aromatic N) is 2. The molecule has 0 radical (unpaired) electrons. The molecule has 1 aliphatic heterocycles. The van der Waals surface area contributed by atoms with Gasteiger partial charge < -0.3 is 5.32 Å². The number of nitriles is 1. The molecule has 1 N–H and O–H groups in total. The molecule has 4 atom stereocenters. The second-order valence-corrected chi connectivity index (χ2v) is 11.4. The van der Waals surface area contributed by atoms with Crippen LogP contribution in [0.3, 0.4) is 0 Å². The Labute approximate surface area is 221 Å². The molecule has 3 unspecified atom stereocenters. The molecular formula is C28H28Cl3N3O. The zero-order valence-electron chi connectivity index (χ0n) is 19.4. The van der Waals surface area contributed by atoms with Crippen LogP contribution in [0.25, 0.3) is 0 Å². The molecule has 3 aliphatic rings. The van der Waals surface area contributed by atoms with Gasteiger partial charge in [-0.2, -0.15) is 5.26 Å². The Hall–Kier alpha value is -2.06. The zero-order chi connectivity index (χ0) is 24.5. The molecule has 0 saturated heterocycles. The maximum atomic E-state index is 13.1. The SMILES string of the molecule is N#CC1CCC(C(=O)NC2=NCC3C(c4ccc(Cl)cc4)C(c4ccc(Cl)cc4Cl)CC[C@H]23)CC1. The number of hydrogen-bond acceptors (Lipinski definition) is 3. The van der Waals surface area contributed by atoms with Gasteiger partial charge in [0.05, 0.1) is 6.07 Å². The molecule has 2 aromatic rings. The minimum Gasteiger partial charge on any atom is -0.314 e. The van der Waals surface area contributed by atoms with Crippen molar-refractivity contribution in [3.63, 3.8) is 0 Å². The van der Waals surface area contributed by atoms with Crippen LogP contribution in [0.4, 0.5) is 0 Å². The van der Waals surface area contributed by atoms with E-state index in [4.69, 9.17) is 45.1 Å². The number of nitrogens with one attached hydrogen (secondary N) is 1. The number of amidine groups is 1. The van der Waals surface area contributed by atoms with E-state index in [1.807, 2.05) is 24.3 Å². The summed E-state index contributed by atoms with van der Waals surface area (Å²) in [5.74, 6) is 1.86. The van der Waals surface area contributed by atoms with Crippen molar-refractivity contribution in [2.75, 3.05) is 6.54 Å². The first kappa shape index (κ1) is 24.6. The summed E-state index contributed by atoms with van der Waals surface area (Å²) < 4.78 is 0. The smallest absolute Gasteiger partial charge is 0.228 e. The van der Waals surface area contributed by atoms with Crippen LogP contribution in [0.5, 0.6) is 0 Å². The molecule has 2 aliphatic carbocycles. The summed E-state index contributed by atoms with van der Waals surface area (Å²) in [6.45, 7) is 0.677. The van der Waals surface area contributed by atoms with E-state index in [-0.39, 0.29) is 41.4 Å². The molecule has 1 heterocycles. The topological polar surface area (TPSA) is 65.2 Å². The lowest BCUT2D eigenvalue weighted by atomic mass is 9.63. The fraction of sp³-hybridized carbons (Fsp3) is 0.464. The van der Waals surface area contributed by atoms with Crippen molar-refractivity contribution < 1.29 is 4.79 Å². The highest BCUT2D eigenvalue weighted by atomic mass is 35.5. The van der Waals surface area contributed by atoms with Crippen LogP contribution in [0.15, 0.2) is 47.5 Å². The van der Waals surface area contributed by atoms with Crippen molar-refractivity contribution in [2.45, 2.75) is 50.4 Å². The molecule has 35 heavy (non-hydrogen) atoms. The number of carbonyl (C=O) groups is 1. The number of rotatable bonds is 3. The quantitative estimate of drug-likeness (QED) is 0.451. The van der Waals surface area contributed by atoms with Gasteiger partial charge in [0.2, 0.25) is 5.91 Å². The van der Waals surface area contributed by atoms with Crippen LogP contribution in [-0.2, 0) is 4.79 Å². The van der Waals surface area contributed by atoms with Gasteiger partial charge in [0, 0.05) is 39.4 Å². The summed E-state index contributed by atoms with van der Waals surface area (Å²) in [7, 11) is 0. The van der Waals surface area contributed by atoms with Gasteiger partial charge in [-0.15, -0.1) is 0 Å². The van der Waals surface area contributed by atoms with Crippen molar-refractivity contribution in [1.29, 1.82) is 5.26 Å². The third-order valence-corrected chi connectivity index (χ3v) is 8.99. The lowest BCUT2D eigenvalue weighted by Gasteiger charge is -2.41. The number of aliphatic imine (C=N–C) groups is 1. The van der Waals surface area contributed by atoms with E-state index < -0.39 is 0 Å². The minimum atomic E-state index is -0.0300. The number of benzene rings is 2. The van der Waals surface area contributed by atoms with E-state index in [0.29, 0.717) is 21.6 Å². The Kier molecular flexibility index (Phi) is 7.39. The third kappa shape index (κ3) is 5.10. The van der Waals surface area contributed by atoms with Crippen molar-refractivity contribution in [1.82, 2.24) is 5.32 Å². The van der Waals surface area contributed by atoms with Gasteiger partial charge in [-0.3, -0.25) is 9.79 Å². The second-order valence-electron chi connectivity index (χ2n) is 10.1. The molecule has 5 rings (SSSR count). The van der Waals surface area contributed by atoms with E-state index >= 15 is 0 Å². The predicted octanol–water partition coefficient (Wildman–Crippen LogP) is 7.40. The second kappa shape index (κ2) is 10.5. The molecule has 4 nitrogen and oxygen atoms in total. The van der Waals surface area contributed by atoms with E-state index in [0.717, 1.165) is 49.9 Å². The van der Waals surface area contributed by atoms with Crippen LogP contribution in [-0.4, -0.2) is 18.3 Å². The Morgan fingerprint density at radius 1 is 0.914 bits per heavy atom. The normalized spacial score (nSPS) is 30.2. The Morgan fingerprint density at radius 2 is 1.60 bits per heavy atom. The molecular weight excluding hydrogens is 501 g/mol. The first-order valence-corrected chi connectivity index (χ1v) is 13.5. The Bertz CT molecular complexity index is 1160. The minimum absolute atomic E-state index is 0.0300. The van der Waals surface area contributed by atoms with Crippen molar-refractivity contribution in [3.8, 4) is 6.07 Å². The van der Waals surface area contributed by atoms with Gasteiger partial charge in [-0.1, -0.05) is 53.0 Å². The van der Waals surface area contributed by atoms with Gasteiger partial charge in [0.15, 0.2) is 0 Å². The fourth-order valence-corrected chi connectivity index (χ4v) is 7.04. The van der Waals surface area contributed by atoms with Gasteiger partial charge in [0.25, 0.3) is 0 Å². The van der Waals surface area contributed by atoms with Gasteiger partial charge in [-0.25, -0.2) is 0 Å². The van der Waals surface area contributed by atoms with Gasteiger partial charge >= 0.3 is 0 Å². The molecule has 0 aromatic heterocycles. The monoisotopic (exact) mass is 527 g/mol. The van der Waals surface area contributed by atoms with Crippen LogP contribution in [0.1, 0.15) is 61.5 Å². The first-order valence-electron chi connectivity index (χ1n) is 12.4. The first-order chi connectivity index (χ1) is 16.9. The maximum absolute atomic E-state index is 13.1. The summed E-state index contributed by atoms with van der Waals surface area (Å²) in [5, 5.41) is 14.4. The fourth-order valence-electron chi connectivity index (χ4n) is 6.36. The highest BCUT2D eigenvalue weighted by Gasteiger charge is 2.46. The van der Waals surface area contributed by atoms with Gasteiger partial charge in [-0.05, 0) is 91.7 Å².